The normalized spacial score (nSPS) is 10.7. The molecule has 0 amide bonds. The monoisotopic (exact) mass is 330 g/mol. The van der Waals surface area contributed by atoms with Crippen LogP contribution in [-0.4, -0.2) is 91.0 Å². The highest BCUT2D eigenvalue weighted by molar-refractivity contribution is 5.35. The molecule has 0 spiro atoms. The van der Waals surface area contributed by atoms with Gasteiger partial charge in [-0.25, -0.2) is 9.97 Å². The summed E-state index contributed by atoms with van der Waals surface area (Å²) in [6.07, 6.45) is 1.38. The van der Waals surface area contributed by atoms with Gasteiger partial charge in [0, 0.05) is 26.2 Å². The fourth-order valence-corrected chi connectivity index (χ4v) is 1.72. The number of nitrogens with two attached hydrogens (primary N) is 1. The zero-order valence-corrected chi connectivity index (χ0v) is 13.2. The van der Waals surface area contributed by atoms with Crippen LogP contribution >= 0.6 is 0 Å². The second kappa shape index (κ2) is 12.9. The number of rotatable bonds is 14. The Morgan fingerprint density at radius 3 is 2.39 bits per heavy atom. The van der Waals surface area contributed by atoms with Crippen molar-refractivity contribution in [2.75, 3.05) is 76.0 Å². The number of hydrogen-bond donors (Lipinski definition) is 4. The topological polar surface area (TPSA) is 139 Å². The molecule has 0 fully saturated rings. The molecule has 0 saturated heterocycles. The van der Waals surface area contributed by atoms with Crippen LogP contribution in [0.3, 0.4) is 0 Å². The van der Waals surface area contributed by atoms with Crippen LogP contribution in [0.25, 0.3) is 0 Å². The van der Waals surface area contributed by atoms with Gasteiger partial charge in [0.1, 0.15) is 6.33 Å². The summed E-state index contributed by atoms with van der Waals surface area (Å²) in [4.78, 5) is 14.0. The van der Waals surface area contributed by atoms with E-state index in [9.17, 15) is 0 Å². The highest BCUT2D eigenvalue weighted by Gasteiger charge is 2.09. The molecule has 0 unspecified atom stereocenters. The molecule has 0 saturated carbocycles. The van der Waals surface area contributed by atoms with E-state index in [1.165, 1.54) is 6.33 Å². The van der Waals surface area contributed by atoms with Crippen LogP contribution in [0.4, 0.5) is 11.9 Å². The van der Waals surface area contributed by atoms with Gasteiger partial charge in [-0.2, -0.15) is 4.98 Å². The van der Waals surface area contributed by atoms with E-state index in [0.29, 0.717) is 64.5 Å². The van der Waals surface area contributed by atoms with Crippen LogP contribution < -0.4 is 16.0 Å². The van der Waals surface area contributed by atoms with Gasteiger partial charge >= 0.3 is 0 Å². The average molecular weight is 330 g/mol. The van der Waals surface area contributed by atoms with Crippen molar-refractivity contribution in [1.82, 2.24) is 15.0 Å². The number of ether oxygens (including phenoxy) is 2. The first-order valence-corrected chi connectivity index (χ1v) is 7.57. The summed E-state index contributed by atoms with van der Waals surface area (Å²) in [6, 6.07) is 0. The van der Waals surface area contributed by atoms with E-state index in [2.05, 4.69) is 20.3 Å². The van der Waals surface area contributed by atoms with E-state index in [-0.39, 0.29) is 13.2 Å². The quantitative estimate of drug-likeness (QED) is 0.285. The minimum atomic E-state index is -0.0471. The molecule has 1 aromatic heterocycles. The van der Waals surface area contributed by atoms with Gasteiger partial charge in [-0.1, -0.05) is 0 Å². The van der Waals surface area contributed by atoms with Crippen LogP contribution in [-0.2, 0) is 9.47 Å². The molecular weight excluding hydrogens is 304 g/mol. The third-order valence-corrected chi connectivity index (χ3v) is 2.75. The number of anilines is 2. The standard InChI is InChI=1S/C13H26N6O4/c14-1-7-22-9-10-23-8-2-15-12-16-11-17-13(18-12)19(3-5-20)4-6-21/h11,20-21H,1-10,14H2,(H,15,16,17,18). The van der Waals surface area contributed by atoms with Crippen LogP contribution in [0.5, 0.6) is 0 Å². The molecule has 0 radical (unpaired) electrons. The summed E-state index contributed by atoms with van der Waals surface area (Å²) in [6.45, 7) is 3.69. The van der Waals surface area contributed by atoms with Gasteiger partial charge in [0.05, 0.1) is 39.6 Å². The molecule has 0 aliphatic rings. The molecular formula is C13H26N6O4. The molecule has 5 N–H and O–H groups in total. The molecule has 0 aromatic carbocycles. The highest BCUT2D eigenvalue weighted by atomic mass is 16.5. The van der Waals surface area contributed by atoms with Crippen molar-refractivity contribution >= 4 is 11.9 Å². The van der Waals surface area contributed by atoms with Gasteiger partial charge in [-0.15, -0.1) is 0 Å². The second-order valence-electron chi connectivity index (χ2n) is 4.48. The fraction of sp³-hybridized carbons (Fsp3) is 0.769. The smallest absolute Gasteiger partial charge is 0.230 e. The van der Waals surface area contributed by atoms with Crippen molar-refractivity contribution in [2.24, 2.45) is 5.73 Å². The molecule has 1 aromatic rings. The van der Waals surface area contributed by atoms with E-state index >= 15 is 0 Å². The largest absolute Gasteiger partial charge is 0.395 e. The zero-order chi connectivity index (χ0) is 16.8. The summed E-state index contributed by atoms with van der Waals surface area (Å²) in [5.41, 5.74) is 5.30. The van der Waals surface area contributed by atoms with Crippen LogP contribution in [0, 0.1) is 0 Å². The van der Waals surface area contributed by atoms with Gasteiger partial charge < -0.3 is 35.6 Å². The summed E-state index contributed by atoms with van der Waals surface area (Å²) < 4.78 is 10.6. The number of aliphatic hydroxyl groups excluding tert-OH is 2. The number of nitrogens with zero attached hydrogens (tertiary/aromatic N) is 4. The van der Waals surface area contributed by atoms with E-state index < -0.39 is 0 Å². The van der Waals surface area contributed by atoms with Crippen molar-refractivity contribution in [3.63, 3.8) is 0 Å². The Labute approximate surface area is 135 Å². The Morgan fingerprint density at radius 2 is 1.74 bits per heavy atom. The maximum absolute atomic E-state index is 9.03. The first-order valence-electron chi connectivity index (χ1n) is 7.57. The minimum absolute atomic E-state index is 0.0471. The fourth-order valence-electron chi connectivity index (χ4n) is 1.72. The van der Waals surface area contributed by atoms with Crippen molar-refractivity contribution in [3.05, 3.63) is 6.33 Å². The minimum Gasteiger partial charge on any atom is -0.395 e. The molecule has 0 atom stereocenters. The number of hydrogen-bond acceptors (Lipinski definition) is 10. The maximum atomic E-state index is 9.03. The number of nitrogens with one attached hydrogen (secondary N) is 1. The number of aromatic nitrogens is 3. The van der Waals surface area contributed by atoms with Crippen molar-refractivity contribution in [2.45, 2.75) is 0 Å². The lowest BCUT2D eigenvalue weighted by Crippen LogP contribution is -2.31. The van der Waals surface area contributed by atoms with Gasteiger partial charge in [0.15, 0.2) is 0 Å². The predicted molar refractivity (Wildman–Crippen MR) is 85.4 cm³/mol. The molecule has 0 aliphatic heterocycles. The van der Waals surface area contributed by atoms with Gasteiger partial charge in [0.2, 0.25) is 11.9 Å². The molecule has 0 aliphatic carbocycles. The SMILES string of the molecule is NCCOCCOCCNc1ncnc(N(CCO)CCO)n1. The summed E-state index contributed by atoms with van der Waals surface area (Å²) in [5, 5.41) is 21.1. The van der Waals surface area contributed by atoms with Gasteiger partial charge in [-0.3, -0.25) is 0 Å². The average Bonchev–Trinajstić information content (AvgIpc) is 2.57. The Hall–Kier alpha value is -1.59. The Bertz CT molecular complexity index is 406. The highest BCUT2D eigenvalue weighted by Crippen LogP contribution is 2.07. The van der Waals surface area contributed by atoms with E-state index in [0.717, 1.165) is 0 Å². The van der Waals surface area contributed by atoms with Crippen molar-refractivity contribution in [1.29, 1.82) is 0 Å². The van der Waals surface area contributed by atoms with E-state index in [1.54, 1.807) is 4.90 Å². The first kappa shape index (κ1) is 19.5. The summed E-state index contributed by atoms with van der Waals surface area (Å²) in [5.74, 6) is 0.820. The summed E-state index contributed by atoms with van der Waals surface area (Å²) in [7, 11) is 0. The Morgan fingerprint density at radius 1 is 1.04 bits per heavy atom. The van der Waals surface area contributed by atoms with Crippen molar-refractivity contribution in [3.8, 4) is 0 Å². The molecule has 1 heterocycles. The van der Waals surface area contributed by atoms with Gasteiger partial charge in [-0.05, 0) is 0 Å². The molecule has 10 nitrogen and oxygen atoms in total. The van der Waals surface area contributed by atoms with Crippen molar-refractivity contribution < 1.29 is 19.7 Å². The molecule has 23 heavy (non-hydrogen) atoms. The lowest BCUT2D eigenvalue weighted by molar-refractivity contribution is 0.0547. The third-order valence-electron chi connectivity index (χ3n) is 2.75. The first-order chi connectivity index (χ1) is 11.3. The van der Waals surface area contributed by atoms with Crippen LogP contribution in [0.15, 0.2) is 6.33 Å². The van der Waals surface area contributed by atoms with Crippen LogP contribution in [0.2, 0.25) is 0 Å². The molecule has 1 rings (SSSR count). The molecule has 0 bridgehead atoms. The van der Waals surface area contributed by atoms with Crippen LogP contribution in [0.1, 0.15) is 0 Å². The summed E-state index contributed by atoms with van der Waals surface area (Å²) >= 11 is 0. The Balaban J connectivity index is 2.30. The Kier molecular flexibility index (Phi) is 10.9. The maximum Gasteiger partial charge on any atom is 0.230 e. The third kappa shape index (κ3) is 8.57. The molecule has 132 valence electrons. The lowest BCUT2D eigenvalue weighted by Gasteiger charge is -2.20. The zero-order valence-electron chi connectivity index (χ0n) is 13.2. The second-order valence-corrected chi connectivity index (χ2v) is 4.48. The predicted octanol–water partition coefficient (Wildman–Crippen LogP) is -1.93. The van der Waals surface area contributed by atoms with Gasteiger partial charge in [0.25, 0.3) is 0 Å². The van der Waals surface area contributed by atoms with E-state index in [4.69, 9.17) is 25.4 Å². The lowest BCUT2D eigenvalue weighted by atomic mass is 10.5. The van der Waals surface area contributed by atoms with E-state index in [1.807, 2.05) is 0 Å². The molecule has 10 heteroatoms. The number of aliphatic hydroxyl groups is 2.